The number of rotatable bonds is 3. The maximum absolute atomic E-state index is 9.06. The van der Waals surface area contributed by atoms with Crippen molar-refractivity contribution < 1.29 is 5.11 Å². The monoisotopic (exact) mass is 114 g/mol. The van der Waals surface area contributed by atoms with Crippen LogP contribution < -0.4 is 0 Å². The summed E-state index contributed by atoms with van der Waals surface area (Å²) in [6.45, 7) is 7.49. The molecule has 0 fully saturated rings. The minimum Gasteiger partial charge on any atom is -0.393 e. The molecule has 0 aliphatic rings. The van der Waals surface area contributed by atoms with Gasteiger partial charge in [-0.25, -0.2) is 0 Å². The Labute approximate surface area is 51.0 Å². The van der Waals surface area contributed by atoms with Gasteiger partial charge in [0.1, 0.15) is 0 Å². The summed E-state index contributed by atoms with van der Waals surface area (Å²) in [4.78, 5) is 0. The normalized spacial score (nSPS) is 17.4. The van der Waals surface area contributed by atoms with Crippen LogP contribution >= 0.6 is 0 Å². The molecule has 2 atom stereocenters. The number of hydrogen-bond acceptors (Lipinski definition) is 1. The van der Waals surface area contributed by atoms with Gasteiger partial charge in [-0.05, 0) is 12.3 Å². The molecule has 0 saturated carbocycles. The molecule has 0 saturated heterocycles. The van der Waals surface area contributed by atoms with Gasteiger partial charge in [0, 0.05) is 0 Å². The van der Waals surface area contributed by atoms with Crippen LogP contribution in [0, 0.1) is 5.92 Å². The standard InChI is InChI=1S/C7H14O/c1-4-6(3)7(8)5-2/h4,6-8H,1,5H2,2-3H3. The summed E-state index contributed by atoms with van der Waals surface area (Å²) in [5, 5.41) is 9.06. The minimum atomic E-state index is -0.201. The van der Waals surface area contributed by atoms with E-state index in [1.807, 2.05) is 13.8 Å². The van der Waals surface area contributed by atoms with Crippen LogP contribution in [0.1, 0.15) is 20.3 Å². The molecule has 0 bridgehead atoms. The third kappa shape index (κ3) is 2.12. The van der Waals surface area contributed by atoms with Gasteiger partial charge < -0.3 is 5.11 Å². The van der Waals surface area contributed by atoms with E-state index < -0.39 is 0 Å². The highest BCUT2D eigenvalue weighted by Gasteiger charge is 2.05. The fourth-order valence-corrected chi connectivity index (χ4v) is 0.529. The molecule has 2 unspecified atom stereocenters. The maximum atomic E-state index is 9.06. The molecule has 1 heteroatoms. The van der Waals surface area contributed by atoms with E-state index in [0.29, 0.717) is 0 Å². The lowest BCUT2D eigenvalue weighted by Crippen LogP contribution is -2.13. The third-order valence-corrected chi connectivity index (χ3v) is 1.40. The largest absolute Gasteiger partial charge is 0.393 e. The van der Waals surface area contributed by atoms with Gasteiger partial charge in [-0.2, -0.15) is 0 Å². The summed E-state index contributed by atoms with van der Waals surface area (Å²) in [5.41, 5.74) is 0. The van der Waals surface area contributed by atoms with E-state index in [0.717, 1.165) is 6.42 Å². The fourth-order valence-electron chi connectivity index (χ4n) is 0.529. The highest BCUT2D eigenvalue weighted by atomic mass is 16.3. The van der Waals surface area contributed by atoms with E-state index in [-0.39, 0.29) is 12.0 Å². The van der Waals surface area contributed by atoms with E-state index in [4.69, 9.17) is 5.11 Å². The van der Waals surface area contributed by atoms with Crippen molar-refractivity contribution in [3.05, 3.63) is 12.7 Å². The third-order valence-electron chi connectivity index (χ3n) is 1.40. The summed E-state index contributed by atoms with van der Waals surface area (Å²) in [6.07, 6.45) is 2.38. The van der Waals surface area contributed by atoms with Gasteiger partial charge in [0.2, 0.25) is 0 Å². The molecule has 0 aromatic heterocycles. The van der Waals surface area contributed by atoms with Crippen molar-refractivity contribution in [2.75, 3.05) is 0 Å². The molecule has 48 valence electrons. The molecule has 0 aliphatic heterocycles. The van der Waals surface area contributed by atoms with Crippen molar-refractivity contribution in [1.82, 2.24) is 0 Å². The highest BCUT2D eigenvalue weighted by Crippen LogP contribution is 2.05. The van der Waals surface area contributed by atoms with Crippen molar-refractivity contribution in [1.29, 1.82) is 0 Å². The van der Waals surface area contributed by atoms with Crippen LogP contribution in [-0.2, 0) is 0 Å². The molecule has 0 heterocycles. The van der Waals surface area contributed by atoms with Crippen molar-refractivity contribution in [3.8, 4) is 0 Å². The van der Waals surface area contributed by atoms with Crippen molar-refractivity contribution in [3.63, 3.8) is 0 Å². The van der Waals surface area contributed by atoms with Gasteiger partial charge in [0.15, 0.2) is 0 Å². The maximum Gasteiger partial charge on any atom is 0.0597 e. The van der Waals surface area contributed by atoms with Crippen LogP contribution in [0.25, 0.3) is 0 Å². The first-order valence-electron chi connectivity index (χ1n) is 3.03. The van der Waals surface area contributed by atoms with Crippen LogP contribution in [0.15, 0.2) is 12.7 Å². The van der Waals surface area contributed by atoms with Crippen molar-refractivity contribution in [2.45, 2.75) is 26.4 Å². The summed E-state index contributed by atoms with van der Waals surface area (Å²) < 4.78 is 0. The fraction of sp³-hybridized carbons (Fsp3) is 0.714. The molecule has 8 heavy (non-hydrogen) atoms. The van der Waals surface area contributed by atoms with Gasteiger partial charge in [-0.1, -0.05) is 19.9 Å². The summed E-state index contributed by atoms with van der Waals surface area (Å²) >= 11 is 0. The quantitative estimate of drug-likeness (QED) is 0.552. The zero-order valence-electron chi connectivity index (χ0n) is 5.59. The van der Waals surface area contributed by atoms with Gasteiger partial charge in [0.05, 0.1) is 6.10 Å². The van der Waals surface area contributed by atoms with E-state index >= 15 is 0 Å². The Morgan fingerprint density at radius 3 is 2.38 bits per heavy atom. The topological polar surface area (TPSA) is 20.2 Å². The first-order valence-corrected chi connectivity index (χ1v) is 3.03. The Bertz CT molecular complexity index is 68.8. The van der Waals surface area contributed by atoms with E-state index in [2.05, 4.69) is 6.58 Å². The van der Waals surface area contributed by atoms with E-state index in [1.165, 1.54) is 0 Å². The number of aliphatic hydroxyl groups is 1. The van der Waals surface area contributed by atoms with Crippen LogP contribution in [-0.4, -0.2) is 11.2 Å². The van der Waals surface area contributed by atoms with Crippen LogP contribution in [0.5, 0.6) is 0 Å². The molecule has 0 rings (SSSR count). The number of aliphatic hydroxyl groups excluding tert-OH is 1. The summed E-state index contributed by atoms with van der Waals surface area (Å²) in [7, 11) is 0. The Hall–Kier alpha value is -0.300. The summed E-state index contributed by atoms with van der Waals surface area (Å²) in [6, 6.07) is 0. The SMILES string of the molecule is C=CC(C)C(O)CC. The Kier molecular flexibility index (Phi) is 3.53. The Morgan fingerprint density at radius 2 is 2.25 bits per heavy atom. The van der Waals surface area contributed by atoms with E-state index in [1.54, 1.807) is 6.08 Å². The Morgan fingerprint density at radius 1 is 1.75 bits per heavy atom. The number of hydrogen-bond donors (Lipinski definition) is 1. The molecule has 0 amide bonds. The second-order valence-electron chi connectivity index (χ2n) is 2.07. The molecule has 0 aromatic carbocycles. The second kappa shape index (κ2) is 3.67. The van der Waals surface area contributed by atoms with Crippen LogP contribution in [0.2, 0.25) is 0 Å². The van der Waals surface area contributed by atoms with Crippen LogP contribution in [0.3, 0.4) is 0 Å². The smallest absolute Gasteiger partial charge is 0.0597 e. The minimum absolute atomic E-state index is 0.201. The molecule has 1 N–H and O–H groups in total. The molecular weight excluding hydrogens is 100 g/mol. The van der Waals surface area contributed by atoms with Gasteiger partial charge in [-0.15, -0.1) is 6.58 Å². The molecule has 0 spiro atoms. The zero-order valence-corrected chi connectivity index (χ0v) is 5.59. The molecule has 0 aliphatic carbocycles. The predicted molar refractivity (Wildman–Crippen MR) is 35.7 cm³/mol. The first kappa shape index (κ1) is 7.70. The summed E-state index contributed by atoms with van der Waals surface area (Å²) in [5.74, 6) is 0.236. The van der Waals surface area contributed by atoms with Crippen molar-refractivity contribution >= 4 is 0 Å². The predicted octanol–water partition coefficient (Wildman–Crippen LogP) is 1.58. The van der Waals surface area contributed by atoms with Crippen molar-refractivity contribution in [2.24, 2.45) is 5.92 Å². The van der Waals surface area contributed by atoms with Crippen LogP contribution in [0.4, 0.5) is 0 Å². The average molecular weight is 114 g/mol. The zero-order chi connectivity index (χ0) is 6.57. The first-order chi connectivity index (χ1) is 3.72. The van der Waals surface area contributed by atoms with Gasteiger partial charge >= 0.3 is 0 Å². The second-order valence-corrected chi connectivity index (χ2v) is 2.07. The lowest BCUT2D eigenvalue weighted by atomic mass is 10.0. The lowest BCUT2D eigenvalue weighted by molar-refractivity contribution is 0.134. The average Bonchev–Trinajstić information content (AvgIpc) is 1.84. The van der Waals surface area contributed by atoms with E-state index in [9.17, 15) is 0 Å². The molecular formula is C7H14O. The lowest BCUT2D eigenvalue weighted by Gasteiger charge is -2.10. The molecule has 0 aromatic rings. The Balaban J connectivity index is 3.44. The molecule has 0 radical (unpaired) electrons. The van der Waals surface area contributed by atoms with Gasteiger partial charge in [-0.3, -0.25) is 0 Å². The molecule has 1 nitrogen and oxygen atoms in total. The highest BCUT2D eigenvalue weighted by molar-refractivity contribution is 4.79. The van der Waals surface area contributed by atoms with Gasteiger partial charge in [0.25, 0.3) is 0 Å².